The van der Waals surface area contributed by atoms with Gasteiger partial charge in [-0.3, -0.25) is 4.79 Å². The monoisotopic (exact) mass is 341 g/mol. The van der Waals surface area contributed by atoms with E-state index < -0.39 is 0 Å². The molecule has 0 aliphatic carbocycles. The van der Waals surface area contributed by atoms with Gasteiger partial charge in [0.25, 0.3) is 0 Å². The molecule has 0 aromatic carbocycles. The second-order valence-electron chi connectivity index (χ2n) is 4.39. The van der Waals surface area contributed by atoms with Crippen molar-refractivity contribution in [1.29, 1.82) is 0 Å². The van der Waals surface area contributed by atoms with Crippen LogP contribution in [0.5, 0.6) is 0 Å². The van der Waals surface area contributed by atoms with E-state index in [1.807, 2.05) is 13.1 Å². The maximum absolute atomic E-state index is 11.6. The molecule has 1 saturated heterocycles. The normalized spacial score (nSPS) is 20.5. The van der Waals surface area contributed by atoms with Crippen molar-refractivity contribution in [2.75, 3.05) is 13.6 Å². The van der Waals surface area contributed by atoms with Crippen LogP contribution < -0.4 is 0 Å². The van der Waals surface area contributed by atoms with E-state index in [1.165, 1.54) is 3.57 Å². The number of halogens is 1. The first-order chi connectivity index (χ1) is 8.16. The number of pyridine rings is 1. The summed E-state index contributed by atoms with van der Waals surface area (Å²) in [5.74, 6) is 0.211. The summed E-state index contributed by atoms with van der Waals surface area (Å²) in [4.78, 5) is 17.8. The minimum atomic E-state index is 0.211. The molecule has 1 aliphatic rings. The number of likely N-dealkylation sites (N-methyl/N-ethyl adjacent to an activating group) is 1. The summed E-state index contributed by atoms with van der Waals surface area (Å²) in [5, 5.41) is 1.16. The molecule has 17 heavy (non-hydrogen) atoms. The third kappa shape index (κ3) is 1.72. The first kappa shape index (κ1) is 11.0. The Balaban J connectivity index is 2.09. The molecule has 0 radical (unpaired) electrons. The summed E-state index contributed by atoms with van der Waals surface area (Å²) >= 11 is 2.32. The van der Waals surface area contributed by atoms with Crippen LogP contribution >= 0.6 is 22.6 Å². The van der Waals surface area contributed by atoms with Gasteiger partial charge < -0.3 is 9.47 Å². The third-order valence-corrected chi connectivity index (χ3v) is 4.11. The molecule has 5 heteroatoms. The Morgan fingerprint density at radius 3 is 3.06 bits per heavy atom. The molecular weight excluding hydrogens is 329 g/mol. The van der Waals surface area contributed by atoms with Gasteiger partial charge in [-0.1, -0.05) is 0 Å². The molecule has 1 amide bonds. The molecule has 0 saturated carbocycles. The van der Waals surface area contributed by atoms with Crippen LogP contribution in [0, 0.1) is 3.57 Å². The molecule has 0 unspecified atom stereocenters. The van der Waals surface area contributed by atoms with E-state index >= 15 is 0 Å². The number of likely N-dealkylation sites (tertiary alicyclic amines) is 1. The van der Waals surface area contributed by atoms with Gasteiger partial charge in [-0.05, 0) is 34.7 Å². The molecule has 1 aliphatic heterocycles. The topological polar surface area (TPSA) is 38.1 Å². The van der Waals surface area contributed by atoms with Gasteiger partial charge in [0.05, 0.1) is 6.04 Å². The van der Waals surface area contributed by atoms with E-state index in [9.17, 15) is 4.79 Å². The largest absolute Gasteiger partial charge is 0.344 e. The second-order valence-corrected chi connectivity index (χ2v) is 5.55. The van der Waals surface area contributed by atoms with Crippen molar-refractivity contribution in [2.24, 2.45) is 0 Å². The molecule has 2 aromatic heterocycles. The zero-order chi connectivity index (χ0) is 12.0. The van der Waals surface area contributed by atoms with Gasteiger partial charge in [-0.15, -0.1) is 0 Å². The molecule has 88 valence electrons. The van der Waals surface area contributed by atoms with E-state index in [2.05, 4.69) is 44.4 Å². The smallest absolute Gasteiger partial charge is 0.224 e. The average molecular weight is 341 g/mol. The fraction of sp³-hybridized carbons (Fsp3) is 0.333. The summed E-state index contributed by atoms with van der Waals surface area (Å²) in [6.07, 6.45) is 4.47. The van der Waals surface area contributed by atoms with Crippen LogP contribution in [-0.4, -0.2) is 34.0 Å². The van der Waals surface area contributed by atoms with Crippen LogP contribution in [0.1, 0.15) is 12.5 Å². The average Bonchev–Trinajstić information content (AvgIpc) is 2.82. The van der Waals surface area contributed by atoms with Gasteiger partial charge in [-0.25, -0.2) is 4.98 Å². The SMILES string of the molecule is CN1C[C@@H](n2cc(I)c3cccnc32)CC1=O. The summed E-state index contributed by atoms with van der Waals surface area (Å²) in [6.45, 7) is 0.773. The predicted molar refractivity (Wildman–Crippen MR) is 73.7 cm³/mol. The van der Waals surface area contributed by atoms with Gasteiger partial charge in [0.2, 0.25) is 5.91 Å². The molecule has 3 rings (SSSR count). The zero-order valence-corrected chi connectivity index (χ0v) is 11.6. The zero-order valence-electron chi connectivity index (χ0n) is 9.43. The number of rotatable bonds is 1. The Morgan fingerprint density at radius 2 is 2.35 bits per heavy atom. The molecule has 0 bridgehead atoms. The van der Waals surface area contributed by atoms with Crippen LogP contribution in [0.25, 0.3) is 11.0 Å². The van der Waals surface area contributed by atoms with Crippen LogP contribution in [0.4, 0.5) is 0 Å². The first-order valence-electron chi connectivity index (χ1n) is 5.52. The molecule has 0 N–H and O–H groups in total. The van der Waals surface area contributed by atoms with Gasteiger partial charge in [0, 0.05) is 41.4 Å². The fourth-order valence-corrected chi connectivity index (χ4v) is 3.07. The van der Waals surface area contributed by atoms with Gasteiger partial charge in [-0.2, -0.15) is 0 Å². The number of fused-ring (bicyclic) bond motifs is 1. The Labute approximate surface area is 113 Å². The number of carbonyl (C=O) groups is 1. The van der Waals surface area contributed by atoms with Gasteiger partial charge in [0.15, 0.2) is 0 Å². The lowest BCUT2D eigenvalue weighted by Gasteiger charge is -2.12. The van der Waals surface area contributed by atoms with Crippen molar-refractivity contribution in [3.63, 3.8) is 0 Å². The number of hydrogen-bond donors (Lipinski definition) is 0. The minimum Gasteiger partial charge on any atom is -0.344 e. The standard InChI is InChI=1S/C12H12IN3O/c1-15-6-8(5-11(15)17)16-7-10(13)9-3-2-4-14-12(9)16/h2-4,7-8H,5-6H2,1H3/t8-/m0/s1. The Kier molecular flexibility index (Phi) is 2.57. The Bertz CT molecular complexity index is 592. The number of aromatic nitrogens is 2. The number of carbonyl (C=O) groups excluding carboxylic acids is 1. The van der Waals surface area contributed by atoms with E-state index in [-0.39, 0.29) is 11.9 Å². The lowest BCUT2D eigenvalue weighted by Crippen LogP contribution is -2.19. The maximum Gasteiger partial charge on any atom is 0.224 e. The Morgan fingerprint density at radius 1 is 1.53 bits per heavy atom. The molecule has 1 atom stereocenters. The third-order valence-electron chi connectivity index (χ3n) is 3.25. The number of nitrogens with zero attached hydrogens (tertiary/aromatic N) is 3. The molecule has 4 nitrogen and oxygen atoms in total. The van der Waals surface area contributed by atoms with E-state index in [0.717, 1.165) is 17.6 Å². The van der Waals surface area contributed by atoms with Crippen molar-refractivity contribution in [2.45, 2.75) is 12.5 Å². The summed E-state index contributed by atoms with van der Waals surface area (Å²) < 4.78 is 3.33. The van der Waals surface area contributed by atoms with Crippen LogP contribution in [-0.2, 0) is 4.79 Å². The molecule has 0 spiro atoms. The van der Waals surface area contributed by atoms with Crippen molar-refractivity contribution in [1.82, 2.24) is 14.5 Å². The van der Waals surface area contributed by atoms with E-state index in [0.29, 0.717) is 6.42 Å². The summed E-state index contributed by atoms with van der Waals surface area (Å²) in [6, 6.07) is 4.23. The van der Waals surface area contributed by atoms with Crippen LogP contribution in [0.3, 0.4) is 0 Å². The summed E-state index contributed by atoms with van der Waals surface area (Å²) in [5.41, 5.74) is 0.977. The number of hydrogen-bond acceptors (Lipinski definition) is 2. The highest BCUT2D eigenvalue weighted by molar-refractivity contribution is 14.1. The van der Waals surface area contributed by atoms with E-state index in [4.69, 9.17) is 0 Å². The predicted octanol–water partition coefficient (Wildman–Crippen LogP) is 2.04. The van der Waals surface area contributed by atoms with Crippen molar-refractivity contribution < 1.29 is 4.79 Å². The van der Waals surface area contributed by atoms with Gasteiger partial charge >= 0.3 is 0 Å². The fourth-order valence-electron chi connectivity index (χ4n) is 2.35. The highest BCUT2D eigenvalue weighted by Gasteiger charge is 2.29. The van der Waals surface area contributed by atoms with Crippen LogP contribution in [0.2, 0.25) is 0 Å². The highest BCUT2D eigenvalue weighted by atomic mass is 127. The van der Waals surface area contributed by atoms with Crippen molar-refractivity contribution >= 4 is 39.5 Å². The highest BCUT2D eigenvalue weighted by Crippen LogP contribution is 2.29. The first-order valence-corrected chi connectivity index (χ1v) is 6.59. The van der Waals surface area contributed by atoms with Crippen molar-refractivity contribution in [3.8, 4) is 0 Å². The van der Waals surface area contributed by atoms with Crippen molar-refractivity contribution in [3.05, 3.63) is 28.1 Å². The molecule has 1 fully saturated rings. The minimum absolute atomic E-state index is 0.211. The quantitative estimate of drug-likeness (QED) is 0.745. The van der Waals surface area contributed by atoms with Crippen LogP contribution in [0.15, 0.2) is 24.5 Å². The Hall–Kier alpha value is -1.11. The molecule has 3 heterocycles. The molecule has 2 aromatic rings. The second kappa shape index (κ2) is 3.97. The molecular formula is C12H12IN3O. The van der Waals surface area contributed by atoms with E-state index in [1.54, 1.807) is 11.1 Å². The lowest BCUT2D eigenvalue weighted by molar-refractivity contribution is -0.126. The number of amides is 1. The lowest BCUT2D eigenvalue weighted by atomic mass is 10.2. The van der Waals surface area contributed by atoms with Gasteiger partial charge in [0.1, 0.15) is 5.65 Å². The maximum atomic E-state index is 11.6. The summed E-state index contributed by atoms with van der Waals surface area (Å²) in [7, 11) is 1.85.